The summed E-state index contributed by atoms with van der Waals surface area (Å²) in [5.74, 6) is -0.215. The smallest absolute Gasteiger partial charge is 0.308 e. The van der Waals surface area contributed by atoms with Crippen LogP contribution in [0, 0.1) is 6.92 Å². The predicted octanol–water partition coefficient (Wildman–Crippen LogP) is 7.84. The molecule has 1 aromatic heterocycles. The van der Waals surface area contributed by atoms with E-state index < -0.39 is 13.3 Å². The van der Waals surface area contributed by atoms with Crippen molar-refractivity contribution in [2.75, 3.05) is 13.2 Å². The van der Waals surface area contributed by atoms with Gasteiger partial charge < -0.3 is 9.05 Å². The Hall–Kier alpha value is -1.75. The van der Waals surface area contributed by atoms with E-state index in [0.717, 1.165) is 15.6 Å². The number of rotatable bonds is 10. The van der Waals surface area contributed by atoms with Crippen molar-refractivity contribution in [3.8, 4) is 0 Å². The van der Waals surface area contributed by atoms with Crippen molar-refractivity contribution in [1.29, 1.82) is 0 Å². The van der Waals surface area contributed by atoms with Gasteiger partial charge in [-0.05, 0) is 60.9 Å². The Morgan fingerprint density at radius 2 is 1.81 bits per heavy atom. The van der Waals surface area contributed by atoms with Crippen molar-refractivity contribution >= 4 is 52.5 Å². The van der Waals surface area contributed by atoms with Gasteiger partial charge in [0.15, 0.2) is 5.78 Å². The van der Waals surface area contributed by atoms with Crippen LogP contribution >= 0.6 is 30.5 Å². The largest absolute Gasteiger partial charge is 0.345 e. The van der Waals surface area contributed by atoms with Gasteiger partial charge in [-0.3, -0.25) is 9.36 Å². The number of aryl methyl sites for hydroxylation is 1. The van der Waals surface area contributed by atoms with Gasteiger partial charge in [0.1, 0.15) is 5.66 Å². The highest BCUT2D eigenvalue weighted by Gasteiger charge is 2.42. The van der Waals surface area contributed by atoms with Crippen LogP contribution in [0.4, 0.5) is 0 Å². The number of Topliss-reactive ketones (excluding diaryl/α,β-unsaturated/α-hetero) is 1. The molecule has 4 nitrogen and oxygen atoms in total. The zero-order valence-corrected chi connectivity index (χ0v) is 20.3. The van der Waals surface area contributed by atoms with E-state index in [2.05, 4.69) is 0 Å². The second kappa shape index (κ2) is 10.7. The van der Waals surface area contributed by atoms with E-state index in [1.807, 2.05) is 48.7 Å². The predicted molar refractivity (Wildman–Crippen MR) is 130 cm³/mol. The van der Waals surface area contributed by atoms with Gasteiger partial charge in [-0.1, -0.05) is 53.6 Å². The molecule has 0 amide bonds. The lowest BCUT2D eigenvalue weighted by atomic mass is 10.0. The van der Waals surface area contributed by atoms with Crippen LogP contribution in [-0.4, -0.2) is 19.0 Å². The summed E-state index contributed by atoms with van der Waals surface area (Å²) in [6.45, 7) is 5.88. The molecule has 2 aromatic carbocycles. The maximum absolute atomic E-state index is 13.7. The Labute approximate surface area is 192 Å². The molecule has 1 unspecified atom stereocenters. The first kappa shape index (κ1) is 23.9. The summed E-state index contributed by atoms with van der Waals surface area (Å²) in [4.78, 5) is 13.4. The van der Waals surface area contributed by atoms with Gasteiger partial charge in [0.2, 0.25) is 0 Å². The van der Waals surface area contributed by atoms with Crippen LogP contribution in [0.15, 0.2) is 53.9 Å². The third kappa shape index (κ3) is 5.74. The van der Waals surface area contributed by atoms with Crippen LogP contribution in [-0.2, 0) is 18.4 Å². The van der Waals surface area contributed by atoms with Gasteiger partial charge in [-0.2, -0.15) is 0 Å². The average molecular weight is 477 g/mol. The zero-order chi connectivity index (χ0) is 22.4. The fraction of sp³-hybridized carbons (Fsp3) is 0.292. The van der Waals surface area contributed by atoms with E-state index in [4.69, 9.17) is 20.6 Å². The van der Waals surface area contributed by atoms with E-state index in [1.165, 1.54) is 16.9 Å². The summed E-state index contributed by atoms with van der Waals surface area (Å²) in [6.07, 6.45) is 3.80. The maximum Gasteiger partial charge on any atom is 0.345 e. The van der Waals surface area contributed by atoms with Crippen LogP contribution in [0.5, 0.6) is 0 Å². The molecule has 31 heavy (non-hydrogen) atoms. The second-order valence-electron chi connectivity index (χ2n) is 7.09. The van der Waals surface area contributed by atoms with Crippen LogP contribution in [0.2, 0.25) is 5.02 Å². The molecule has 0 saturated carbocycles. The third-order valence-corrected chi connectivity index (χ3v) is 8.46. The molecule has 0 fully saturated rings. The number of hydrogen-bond acceptors (Lipinski definition) is 5. The van der Waals surface area contributed by atoms with E-state index in [0.29, 0.717) is 10.6 Å². The van der Waals surface area contributed by atoms with Crippen molar-refractivity contribution in [1.82, 2.24) is 0 Å². The molecule has 0 aliphatic rings. The number of hydrogen-bond donors (Lipinski definition) is 0. The van der Waals surface area contributed by atoms with Crippen LogP contribution in [0.1, 0.15) is 42.6 Å². The number of halogens is 1. The minimum absolute atomic E-state index is 0.112. The fourth-order valence-corrected chi connectivity index (χ4v) is 6.74. The lowest BCUT2D eigenvalue weighted by molar-refractivity contribution is -0.118. The van der Waals surface area contributed by atoms with Gasteiger partial charge >= 0.3 is 7.60 Å². The molecule has 3 aromatic rings. The monoisotopic (exact) mass is 476 g/mol. The molecule has 1 atom stereocenters. The molecule has 164 valence electrons. The summed E-state index contributed by atoms with van der Waals surface area (Å²) < 4.78 is 25.9. The van der Waals surface area contributed by atoms with E-state index in [-0.39, 0.29) is 25.4 Å². The summed E-state index contributed by atoms with van der Waals surface area (Å²) >= 11 is 7.69. The molecule has 0 bridgehead atoms. The lowest BCUT2D eigenvalue weighted by Gasteiger charge is -2.25. The molecule has 0 saturated heterocycles. The van der Waals surface area contributed by atoms with Crippen LogP contribution < -0.4 is 0 Å². The quantitative estimate of drug-likeness (QED) is 0.279. The molecule has 0 aliphatic carbocycles. The Bertz CT molecular complexity index is 1110. The third-order valence-electron chi connectivity index (χ3n) is 4.81. The Kier molecular flexibility index (Phi) is 8.26. The standard InChI is InChI=1S/C24H26ClO4PS/c1-4-28-30(27,29-5-2)24(21-16-31-23-14-13-19(25)15-20(21)23)22(26)8-6-7-18-11-9-17(3)10-12-18/h6-7,9-16,24H,4-5,8H2,1-3H3/b7-6+. The fourth-order valence-electron chi connectivity index (χ4n) is 3.40. The van der Waals surface area contributed by atoms with E-state index >= 15 is 0 Å². The first-order valence-electron chi connectivity index (χ1n) is 10.2. The molecular formula is C24H26ClO4PS. The summed E-state index contributed by atoms with van der Waals surface area (Å²) in [5, 5.41) is 3.22. The lowest BCUT2D eigenvalue weighted by Crippen LogP contribution is -2.15. The van der Waals surface area contributed by atoms with E-state index in [1.54, 1.807) is 32.1 Å². The topological polar surface area (TPSA) is 52.6 Å². The first-order chi connectivity index (χ1) is 14.9. The van der Waals surface area contributed by atoms with Crippen molar-refractivity contribution in [3.63, 3.8) is 0 Å². The summed E-state index contributed by atoms with van der Waals surface area (Å²) in [7, 11) is -3.73. The number of benzene rings is 2. The SMILES string of the molecule is CCOP(=O)(OCC)C(C(=O)C/C=C/c1ccc(C)cc1)c1csc2ccc(Cl)cc12. The molecule has 0 radical (unpaired) electrons. The highest BCUT2D eigenvalue weighted by molar-refractivity contribution is 7.55. The molecule has 0 aliphatic heterocycles. The Morgan fingerprint density at radius 1 is 1.13 bits per heavy atom. The zero-order valence-electron chi connectivity index (χ0n) is 17.8. The maximum atomic E-state index is 13.7. The number of carbonyl (C=O) groups is 1. The number of thiophene rings is 1. The highest BCUT2D eigenvalue weighted by atomic mass is 35.5. The Morgan fingerprint density at radius 3 is 2.45 bits per heavy atom. The molecule has 1 heterocycles. The van der Waals surface area contributed by atoms with Gasteiger partial charge in [0.05, 0.1) is 13.2 Å². The van der Waals surface area contributed by atoms with Gasteiger partial charge in [-0.15, -0.1) is 11.3 Å². The normalized spacial score (nSPS) is 13.2. The van der Waals surface area contributed by atoms with Gasteiger partial charge in [0.25, 0.3) is 0 Å². The van der Waals surface area contributed by atoms with Gasteiger partial charge in [0, 0.05) is 16.1 Å². The van der Waals surface area contributed by atoms with Crippen molar-refractivity contribution in [3.05, 3.63) is 75.6 Å². The average Bonchev–Trinajstić information content (AvgIpc) is 3.12. The molecule has 0 spiro atoms. The van der Waals surface area contributed by atoms with Crippen molar-refractivity contribution in [2.24, 2.45) is 0 Å². The molecule has 3 rings (SSSR count). The van der Waals surface area contributed by atoms with Crippen LogP contribution in [0.3, 0.4) is 0 Å². The number of carbonyl (C=O) groups excluding carboxylic acids is 1. The molecule has 7 heteroatoms. The number of fused-ring (bicyclic) bond motifs is 1. The van der Waals surface area contributed by atoms with Crippen LogP contribution in [0.25, 0.3) is 16.2 Å². The summed E-state index contributed by atoms with van der Waals surface area (Å²) in [5.41, 5.74) is 1.80. The molecule has 0 N–H and O–H groups in total. The Balaban J connectivity index is 1.98. The van der Waals surface area contributed by atoms with E-state index in [9.17, 15) is 9.36 Å². The minimum atomic E-state index is -3.73. The molecular weight excluding hydrogens is 451 g/mol. The van der Waals surface area contributed by atoms with Gasteiger partial charge in [-0.25, -0.2) is 0 Å². The number of allylic oxidation sites excluding steroid dienone is 1. The van der Waals surface area contributed by atoms with Crippen molar-refractivity contribution < 1.29 is 18.4 Å². The number of ketones is 1. The highest BCUT2D eigenvalue weighted by Crippen LogP contribution is 2.63. The summed E-state index contributed by atoms with van der Waals surface area (Å²) in [6, 6.07) is 13.5. The minimum Gasteiger partial charge on any atom is -0.308 e. The second-order valence-corrected chi connectivity index (χ2v) is 10.6. The van der Waals surface area contributed by atoms with Crippen molar-refractivity contribution in [2.45, 2.75) is 32.9 Å². The first-order valence-corrected chi connectivity index (χ1v) is 13.1.